The van der Waals surface area contributed by atoms with E-state index < -0.39 is 0 Å². The quantitative estimate of drug-likeness (QED) is 0.658. The van der Waals surface area contributed by atoms with Gasteiger partial charge in [0.25, 0.3) is 0 Å². The monoisotopic (exact) mass is 214 g/mol. The molecule has 0 N–H and O–H groups in total. The Bertz CT molecular complexity index is 396. The smallest absolute Gasteiger partial charge is 0.140 e. The lowest BCUT2D eigenvalue weighted by atomic mass is 10.4. The molecule has 56 valence electrons. The van der Waals surface area contributed by atoms with Gasteiger partial charge in [-0.15, -0.1) is 0 Å². The maximum atomic E-state index is 12.6. The molecule has 2 heterocycles. The number of imidazole rings is 1. The first-order valence-corrected chi connectivity index (χ1v) is 3.85. The Morgan fingerprint density at radius 1 is 1.55 bits per heavy atom. The highest BCUT2D eigenvalue weighted by atomic mass is 79.9. The van der Waals surface area contributed by atoms with E-state index in [1.165, 1.54) is 12.1 Å². The Morgan fingerprint density at radius 3 is 3.18 bits per heavy atom. The summed E-state index contributed by atoms with van der Waals surface area (Å²) in [6.07, 6.45) is 3.40. The van der Waals surface area contributed by atoms with Crippen molar-refractivity contribution in [3.05, 3.63) is 34.9 Å². The molecule has 0 atom stereocenters. The minimum atomic E-state index is -0.268. The number of hydrogen-bond donors (Lipinski definition) is 0. The summed E-state index contributed by atoms with van der Waals surface area (Å²) in [7, 11) is 0. The van der Waals surface area contributed by atoms with Gasteiger partial charge in [-0.05, 0) is 22.0 Å². The molecule has 0 aliphatic carbocycles. The van der Waals surface area contributed by atoms with Crippen LogP contribution < -0.4 is 0 Å². The summed E-state index contributed by atoms with van der Waals surface area (Å²) in [4.78, 5) is 4.01. The Morgan fingerprint density at radius 2 is 2.36 bits per heavy atom. The molecule has 4 heteroatoms. The van der Waals surface area contributed by atoms with E-state index in [9.17, 15) is 4.39 Å². The van der Waals surface area contributed by atoms with E-state index >= 15 is 0 Å². The van der Waals surface area contributed by atoms with Crippen molar-refractivity contribution >= 4 is 21.6 Å². The first kappa shape index (κ1) is 6.79. The second-order valence-corrected chi connectivity index (χ2v) is 2.99. The van der Waals surface area contributed by atoms with Crippen LogP contribution in [0.4, 0.5) is 4.39 Å². The molecule has 2 rings (SSSR count). The first-order chi connectivity index (χ1) is 5.25. The maximum Gasteiger partial charge on any atom is 0.140 e. The lowest BCUT2D eigenvalue weighted by Gasteiger charge is -1.89. The molecule has 11 heavy (non-hydrogen) atoms. The molecule has 0 saturated carbocycles. The van der Waals surface area contributed by atoms with Crippen LogP contribution in [0.1, 0.15) is 0 Å². The Hall–Kier alpha value is -0.900. The van der Waals surface area contributed by atoms with Crippen LogP contribution in [0.5, 0.6) is 0 Å². The van der Waals surface area contributed by atoms with Gasteiger partial charge < -0.3 is 4.40 Å². The molecular formula is C7H4BrFN2. The zero-order valence-corrected chi connectivity index (χ0v) is 7.05. The molecule has 0 radical (unpaired) electrons. The van der Waals surface area contributed by atoms with Gasteiger partial charge in [-0.25, -0.2) is 9.37 Å². The SMILES string of the molecule is Fc1ccn2cc(Br)nc2c1. The average molecular weight is 215 g/mol. The van der Waals surface area contributed by atoms with Gasteiger partial charge in [-0.2, -0.15) is 0 Å². The fraction of sp³-hybridized carbons (Fsp3) is 0. The summed E-state index contributed by atoms with van der Waals surface area (Å²) in [5.41, 5.74) is 0.608. The number of aromatic nitrogens is 2. The summed E-state index contributed by atoms with van der Waals surface area (Å²) < 4.78 is 15.0. The standard InChI is InChI=1S/C7H4BrFN2/c8-6-4-11-2-1-5(9)3-7(11)10-6/h1-4H. The molecule has 2 aromatic heterocycles. The fourth-order valence-corrected chi connectivity index (χ4v) is 1.33. The van der Waals surface area contributed by atoms with Crippen LogP contribution in [0, 0.1) is 5.82 Å². The van der Waals surface area contributed by atoms with Crippen LogP contribution in [-0.4, -0.2) is 9.38 Å². The summed E-state index contributed by atoms with van der Waals surface area (Å²) in [6, 6.07) is 2.77. The normalized spacial score (nSPS) is 10.7. The molecular weight excluding hydrogens is 211 g/mol. The van der Waals surface area contributed by atoms with E-state index in [0.29, 0.717) is 10.3 Å². The van der Waals surface area contributed by atoms with Gasteiger partial charge in [0.15, 0.2) is 0 Å². The fourth-order valence-electron chi connectivity index (χ4n) is 0.926. The second-order valence-electron chi connectivity index (χ2n) is 2.17. The average Bonchev–Trinajstić information content (AvgIpc) is 2.27. The topological polar surface area (TPSA) is 17.3 Å². The van der Waals surface area contributed by atoms with E-state index in [4.69, 9.17) is 0 Å². The van der Waals surface area contributed by atoms with E-state index in [2.05, 4.69) is 20.9 Å². The van der Waals surface area contributed by atoms with Crippen LogP contribution >= 0.6 is 15.9 Å². The van der Waals surface area contributed by atoms with Crippen LogP contribution in [0.3, 0.4) is 0 Å². The molecule has 0 unspecified atom stereocenters. The van der Waals surface area contributed by atoms with Gasteiger partial charge in [0.05, 0.1) is 0 Å². The van der Waals surface area contributed by atoms with Crippen molar-refractivity contribution in [1.29, 1.82) is 0 Å². The Labute approximate surface area is 70.8 Å². The molecule has 0 bridgehead atoms. The Balaban J connectivity index is 2.82. The number of pyridine rings is 1. The third-order valence-electron chi connectivity index (χ3n) is 1.39. The predicted octanol–water partition coefficient (Wildman–Crippen LogP) is 2.24. The highest BCUT2D eigenvalue weighted by Crippen LogP contribution is 2.11. The molecule has 0 aliphatic heterocycles. The van der Waals surface area contributed by atoms with Crippen molar-refractivity contribution in [3.63, 3.8) is 0 Å². The number of rotatable bonds is 0. The van der Waals surface area contributed by atoms with Crippen LogP contribution in [0.2, 0.25) is 0 Å². The van der Waals surface area contributed by atoms with Gasteiger partial charge in [-0.1, -0.05) is 0 Å². The molecule has 0 aromatic carbocycles. The van der Waals surface area contributed by atoms with Crippen molar-refractivity contribution in [1.82, 2.24) is 9.38 Å². The predicted molar refractivity (Wildman–Crippen MR) is 42.9 cm³/mol. The maximum absolute atomic E-state index is 12.6. The zero-order chi connectivity index (χ0) is 7.84. The lowest BCUT2D eigenvalue weighted by Crippen LogP contribution is -1.82. The third kappa shape index (κ3) is 1.14. The first-order valence-electron chi connectivity index (χ1n) is 3.05. The molecule has 0 aliphatic rings. The van der Waals surface area contributed by atoms with Crippen molar-refractivity contribution in [2.75, 3.05) is 0 Å². The van der Waals surface area contributed by atoms with Gasteiger partial charge in [0.2, 0.25) is 0 Å². The van der Waals surface area contributed by atoms with Crippen LogP contribution in [-0.2, 0) is 0 Å². The van der Waals surface area contributed by atoms with E-state index in [-0.39, 0.29) is 5.82 Å². The van der Waals surface area contributed by atoms with Crippen molar-refractivity contribution in [2.24, 2.45) is 0 Å². The lowest BCUT2D eigenvalue weighted by molar-refractivity contribution is 0.626. The van der Waals surface area contributed by atoms with Gasteiger partial charge in [0, 0.05) is 18.5 Å². The summed E-state index contributed by atoms with van der Waals surface area (Å²) in [6.45, 7) is 0. The van der Waals surface area contributed by atoms with Crippen LogP contribution in [0.15, 0.2) is 29.1 Å². The van der Waals surface area contributed by atoms with Gasteiger partial charge in [0.1, 0.15) is 16.1 Å². The number of fused-ring (bicyclic) bond motifs is 1. The number of hydrogen-bond acceptors (Lipinski definition) is 1. The second kappa shape index (κ2) is 2.30. The van der Waals surface area contributed by atoms with Crippen LogP contribution in [0.25, 0.3) is 5.65 Å². The van der Waals surface area contributed by atoms with Crippen molar-refractivity contribution < 1.29 is 4.39 Å². The molecule has 0 saturated heterocycles. The van der Waals surface area contributed by atoms with Gasteiger partial charge in [-0.3, -0.25) is 0 Å². The van der Waals surface area contributed by atoms with Crippen molar-refractivity contribution in [2.45, 2.75) is 0 Å². The van der Waals surface area contributed by atoms with E-state index in [0.717, 1.165) is 0 Å². The third-order valence-corrected chi connectivity index (χ3v) is 1.77. The number of nitrogens with zero attached hydrogens (tertiary/aromatic N) is 2. The number of halogens is 2. The Kier molecular flexibility index (Phi) is 1.42. The van der Waals surface area contributed by atoms with Gasteiger partial charge >= 0.3 is 0 Å². The molecule has 0 spiro atoms. The summed E-state index contributed by atoms with van der Waals surface area (Å²) >= 11 is 3.19. The summed E-state index contributed by atoms with van der Waals surface area (Å²) in [5.74, 6) is -0.268. The molecule has 0 amide bonds. The zero-order valence-electron chi connectivity index (χ0n) is 5.46. The summed E-state index contributed by atoms with van der Waals surface area (Å²) in [5, 5.41) is 0. The minimum Gasteiger partial charge on any atom is -0.306 e. The molecule has 0 fully saturated rings. The highest BCUT2D eigenvalue weighted by molar-refractivity contribution is 9.10. The van der Waals surface area contributed by atoms with E-state index in [1.807, 2.05) is 0 Å². The highest BCUT2D eigenvalue weighted by Gasteiger charge is 1.98. The minimum absolute atomic E-state index is 0.268. The van der Waals surface area contributed by atoms with Crippen molar-refractivity contribution in [3.8, 4) is 0 Å². The molecule has 2 aromatic rings. The molecule has 2 nitrogen and oxygen atoms in total. The van der Waals surface area contributed by atoms with E-state index in [1.54, 1.807) is 16.8 Å². The largest absolute Gasteiger partial charge is 0.306 e.